The first kappa shape index (κ1) is 13.0. The van der Waals surface area contributed by atoms with Crippen LogP contribution in [0.5, 0.6) is 0 Å². The largest absolute Gasteiger partial charge is 0.624 e. The maximum Gasteiger partial charge on any atom is 0.311 e. The third kappa shape index (κ3) is 5.51. The SMILES string of the molecule is COC(=O)CC/[N+]([O-])=C\C=C\c1ccccc1. The van der Waals surface area contributed by atoms with E-state index in [9.17, 15) is 10.0 Å². The summed E-state index contributed by atoms with van der Waals surface area (Å²) in [4.78, 5) is 10.8. The fourth-order valence-electron chi connectivity index (χ4n) is 1.19. The second-order valence-electron chi connectivity index (χ2n) is 3.39. The monoisotopic (exact) mass is 233 g/mol. The number of carbonyl (C=O) groups excluding carboxylic acids is 1. The van der Waals surface area contributed by atoms with Crippen LogP contribution < -0.4 is 0 Å². The molecule has 4 nitrogen and oxygen atoms in total. The Morgan fingerprint density at radius 2 is 2.12 bits per heavy atom. The van der Waals surface area contributed by atoms with E-state index in [1.807, 2.05) is 36.4 Å². The van der Waals surface area contributed by atoms with Crippen molar-refractivity contribution in [1.82, 2.24) is 0 Å². The van der Waals surface area contributed by atoms with Crippen molar-refractivity contribution in [3.8, 4) is 0 Å². The van der Waals surface area contributed by atoms with Gasteiger partial charge in [0.05, 0.1) is 7.11 Å². The Balaban J connectivity index is 2.42. The van der Waals surface area contributed by atoms with E-state index in [1.165, 1.54) is 13.3 Å². The Morgan fingerprint density at radius 1 is 1.41 bits per heavy atom. The van der Waals surface area contributed by atoms with Crippen molar-refractivity contribution in [1.29, 1.82) is 0 Å². The Bertz CT molecular complexity index is 410. The number of allylic oxidation sites excluding steroid dienone is 1. The number of hydrogen-bond acceptors (Lipinski definition) is 3. The molecule has 0 aliphatic carbocycles. The number of hydroxylamine groups is 1. The molecule has 4 heteroatoms. The van der Waals surface area contributed by atoms with Gasteiger partial charge in [-0.3, -0.25) is 4.79 Å². The molecule has 0 amide bonds. The van der Waals surface area contributed by atoms with Crippen LogP contribution in [0.4, 0.5) is 0 Å². The zero-order valence-electron chi connectivity index (χ0n) is 9.70. The average molecular weight is 233 g/mol. The summed E-state index contributed by atoms with van der Waals surface area (Å²) in [5, 5.41) is 11.3. The third-order valence-electron chi connectivity index (χ3n) is 2.10. The number of carbonyl (C=O) groups is 1. The van der Waals surface area contributed by atoms with Gasteiger partial charge in [-0.05, 0) is 11.6 Å². The van der Waals surface area contributed by atoms with Crippen LogP contribution in [0.15, 0.2) is 36.4 Å². The molecule has 1 aromatic carbocycles. The number of hydrogen-bond donors (Lipinski definition) is 0. The molecule has 0 N–H and O–H groups in total. The molecule has 0 saturated carbocycles. The summed E-state index contributed by atoms with van der Waals surface area (Å²) in [6, 6.07) is 9.65. The highest BCUT2D eigenvalue weighted by Crippen LogP contribution is 1.99. The van der Waals surface area contributed by atoms with E-state index >= 15 is 0 Å². The number of rotatable bonds is 5. The number of methoxy groups -OCH3 is 1. The molecule has 90 valence electrons. The lowest BCUT2D eigenvalue weighted by Crippen LogP contribution is -2.12. The lowest BCUT2D eigenvalue weighted by Gasteiger charge is -2.01. The fraction of sp³-hybridized carbons (Fsp3) is 0.231. The lowest BCUT2D eigenvalue weighted by atomic mass is 10.2. The van der Waals surface area contributed by atoms with Crippen molar-refractivity contribution in [2.45, 2.75) is 6.42 Å². The van der Waals surface area contributed by atoms with E-state index in [2.05, 4.69) is 4.74 Å². The van der Waals surface area contributed by atoms with E-state index < -0.39 is 0 Å². The predicted octanol–water partition coefficient (Wildman–Crippen LogP) is 1.84. The molecule has 0 unspecified atom stereocenters. The maximum absolute atomic E-state index is 11.3. The standard InChI is InChI=1S/C13H15NO3/c1-17-13(15)9-11-14(16)10-5-8-12-6-3-2-4-7-12/h2-8,10H,9,11H2,1H3/b8-5+,14-10+. The highest BCUT2D eigenvalue weighted by molar-refractivity contribution is 5.75. The molecule has 0 heterocycles. The first-order valence-electron chi connectivity index (χ1n) is 5.29. The summed E-state index contributed by atoms with van der Waals surface area (Å²) in [6.45, 7) is 0.103. The van der Waals surface area contributed by atoms with Crippen LogP contribution in [0, 0.1) is 5.21 Å². The van der Waals surface area contributed by atoms with E-state index in [0.29, 0.717) is 4.74 Å². The summed E-state index contributed by atoms with van der Waals surface area (Å²) >= 11 is 0. The zero-order valence-corrected chi connectivity index (χ0v) is 9.70. The second-order valence-corrected chi connectivity index (χ2v) is 3.39. The second kappa shape index (κ2) is 7.22. The number of nitrogens with zero attached hydrogens (tertiary/aromatic N) is 1. The lowest BCUT2D eigenvalue weighted by molar-refractivity contribution is -0.451. The molecular formula is C13H15NO3. The van der Waals surface area contributed by atoms with Crippen molar-refractivity contribution in [2.24, 2.45) is 0 Å². The fourth-order valence-corrected chi connectivity index (χ4v) is 1.19. The van der Waals surface area contributed by atoms with E-state index in [4.69, 9.17) is 0 Å². The number of ether oxygens (including phenoxy) is 1. The molecule has 17 heavy (non-hydrogen) atoms. The van der Waals surface area contributed by atoms with Gasteiger partial charge in [0, 0.05) is 6.08 Å². The Morgan fingerprint density at radius 3 is 2.76 bits per heavy atom. The molecular weight excluding hydrogens is 218 g/mol. The van der Waals surface area contributed by atoms with Gasteiger partial charge >= 0.3 is 5.97 Å². The first-order chi connectivity index (χ1) is 8.22. The normalized spacial score (nSPS) is 11.7. The van der Waals surface area contributed by atoms with Gasteiger partial charge in [-0.2, -0.15) is 0 Å². The zero-order chi connectivity index (χ0) is 12.5. The number of benzene rings is 1. The van der Waals surface area contributed by atoms with E-state index in [0.717, 1.165) is 5.56 Å². The minimum absolute atomic E-state index is 0.0929. The summed E-state index contributed by atoms with van der Waals surface area (Å²) in [7, 11) is 1.30. The van der Waals surface area contributed by atoms with Gasteiger partial charge in [0.25, 0.3) is 0 Å². The Labute approximate surface area is 100 Å². The molecule has 0 fully saturated rings. The van der Waals surface area contributed by atoms with Crippen molar-refractivity contribution in [2.75, 3.05) is 13.7 Å². The average Bonchev–Trinajstić information content (AvgIpc) is 2.37. The van der Waals surface area contributed by atoms with Crippen molar-refractivity contribution in [3.05, 3.63) is 47.2 Å². The topological polar surface area (TPSA) is 52.4 Å². The van der Waals surface area contributed by atoms with Gasteiger partial charge in [-0.1, -0.05) is 30.3 Å². The van der Waals surface area contributed by atoms with Crippen molar-refractivity contribution in [3.63, 3.8) is 0 Å². The van der Waals surface area contributed by atoms with E-state index in [1.54, 1.807) is 6.08 Å². The van der Waals surface area contributed by atoms with E-state index in [-0.39, 0.29) is 18.9 Å². The predicted molar refractivity (Wildman–Crippen MR) is 66.7 cm³/mol. The van der Waals surface area contributed by atoms with Gasteiger partial charge < -0.3 is 9.94 Å². The minimum atomic E-state index is -0.383. The van der Waals surface area contributed by atoms with Crippen molar-refractivity contribution < 1.29 is 14.3 Å². The van der Waals surface area contributed by atoms with Gasteiger partial charge in [0.15, 0.2) is 12.8 Å². The summed E-state index contributed by atoms with van der Waals surface area (Å²) in [5.74, 6) is -0.383. The smallest absolute Gasteiger partial charge is 0.311 e. The highest BCUT2D eigenvalue weighted by Gasteiger charge is 2.02. The molecule has 0 aliphatic heterocycles. The van der Waals surface area contributed by atoms with Gasteiger partial charge in [-0.25, -0.2) is 4.74 Å². The van der Waals surface area contributed by atoms with Crippen LogP contribution in [0.1, 0.15) is 12.0 Å². The molecule has 0 saturated heterocycles. The summed E-state index contributed by atoms with van der Waals surface area (Å²) < 4.78 is 5.14. The minimum Gasteiger partial charge on any atom is -0.624 e. The summed E-state index contributed by atoms with van der Waals surface area (Å²) in [5.41, 5.74) is 1.02. The maximum atomic E-state index is 11.3. The Kier molecular flexibility index (Phi) is 5.51. The van der Waals surface area contributed by atoms with Crippen LogP contribution in [-0.2, 0) is 9.53 Å². The third-order valence-corrected chi connectivity index (χ3v) is 2.10. The Hall–Kier alpha value is -2.10. The highest BCUT2D eigenvalue weighted by atomic mass is 16.5. The van der Waals surface area contributed by atoms with Crippen LogP contribution in [-0.4, -0.2) is 30.6 Å². The first-order valence-corrected chi connectivity index (χ1v) is 5.29. The molecule has 0 radical (unpaired) electrons. The van der Waals surface area contributed by atoms with Gasteiger partial charge in [0.2, 0.25) is 0 Å². The number of esters is 1. The van der Waals surface area contributed by atoms with Gasteiger partial charge in [-0.15, -0.1) is 0 Å². The molecule has 1 aromatic rings. The quantitative estimate of drug-likeness (QED) is 0.256. The van der Waals surface area contributed by atoms with Gasteiger partial charge in [0.1, 0.15) is 6.42 Å². The van der Waals surface area contributed by atoms with Crippen LogP contribution >= 0.6 is 0 Å². The van der Waals surface area contributed by atoms with Crippen LogP contribution in [0.3, 0.4) is 0 Å². The molecule has 0 atom stereocenters. The summed E-state index contributed by atoms with van der Waals surface area (Å²) in [6.07, 6.45) is 4.95. The molecule has 1 rings (SSSR count). The molecule has 0 spiro atoms. The van der Waals surface area contributed by atoms with Crippen LogP contribution in [0.25, 0.3) is 6.08 Å². The van der Waals surface area contributed by atoms with Crippen molar-refractivity contribution >= 4 is 18.3 Å². The molecule has 0 bridgehead atoms. The van der Waals surface area contributed by atoms with Crippen LogP contribution in [0.2, 0.25) is 0 Å². The molecule has 0 aliphatic rings. The molecule has 0 aromatic heterocycles.